The molecule has 0 atom stereocenters. The van der Waals surface area contributed by atoms with Gasteiger partial charge in [0.2, 0.25) is 5.95 Å². The SMILES string of the molecule is O=C(c1ccc(Nc2nccc(-c3ccc(Cl)cc3)n2)cc1)N1CCN(C(=O)c2ccc3ccccc3c2)CC1. The van der Waals surface area contributed by atoms with Crippen molar-refractivity contribution in [3.63, 3.8) is 0 Å². The summed E-state index contributed by atoms with van der Waals surface area (Å²) in [4.78, 5) is 38.8. The molecule has 0 bridgehead atoms. The van der Waals surface area contributed by atoms with Gasteiger partial charge < -0.3 is 15.1 Å². The smallest absolute Gasteiger partial charge is 0.253 e. The molecule has 198 valence electrons. The number of halogens is 1. The van der Waals surface area contributed by atoms with Crippen LogP contribution in [0.1, 0.15) is 20.7 Å². The molecule has 0 spiro atoms. The molecular formula is C32H26ClN5O2. The highest BCUT2D eigenvalue weighted by Crippen LogP contribution is 2.22. The Morgan fingerprint density at radius 2 is 1.32 bits per heavy atom. The number of aromatic nitrogens is 2. The van der Waals surface area contributed by atoms with Gasteiger partial charge in [0.15, 0.2) is 0 Å². The number of carbonyl (C=O) groups excluding carboxylic acids is 2. The summed E-state index contributed by atoms with van der Waals surface area (Å²) in [5, 5.41) is 6.02. The number of carbonyl (C=O) groups is 2. The van der Waals surface area contributed by atoms with E-state index in [1.165, 1.54) is 0 Å². The zero-order chi connectivity index (χ0) is 27.5. The molecule has 5 aromatic rings. The minimum absolute atomic E-state index is 0.00405. The number of nitrogens with one attached hydrogen (secondary N) is 1. The van der Waals surface area contributed by atoms with Crippen LogP contribution in [0.3, 0.4) is 0 Å². The highest BCUT2D eigenvalue weighted by molar-refractivity contribution is 6.30. The molecule has 1 saturated heterocycles. The second-order valence-electron chi connectivity index (χ2n) is 9.62. The molecule has 6 rings (SSSR count). The predicted octanol–water partition coefficient (Wildman–Crippen LogP) is 6.29. The molecule has 1 aliphatic rings. The molecule has 0 aliphatic carbocycles. The third-order valence-electron chi connectivity index (χ3n) is 7.03. The van der Waals surface area contributed by atoms with Gasteiger partial charge in [-0.15, -0.1) is 0 Å². The number of benzene rings is 4. The fourth-order valence-electron chi connectivity index (χ4n) is 4.83. The second kappa shape index (κ2) is 11.2. The van der Waals surface area contributed by atoms with E-state index in [4.69, 9.17) is 11.6 Å². The van der Waals surface area contributed by atoms with Crippen LogP contribution in [0, 0.1) is 0 Å². The van der Waals surface area contributed by atoms with E-state index in [-0.39, 0.29) is 11.8 Å². The average Bonchev–Trinajstić information content (AvgIpc) is 3.01. The van der Waals surface area contributed by atoms with E-state index in [1.807, 2.05) is 89.8 Å². The third-order valence-corrected chi connectivity index (χ3v) is 7.29. The van der Waals surface area contributed by atoms with Crippen molar-refractivity contribution in [1.82, 2.24) is 19.8 Å². The van der Waals surface area contributed by atoms with Crippen molar-refractivity contribution in [3.8, 4) is 11.3 Å². The zero-order valence-corrected chi connectivity index (χ0v) is 22.4. The number of hydrogen-bond acceptors (Lipinski definition) is 5. The van der Waals surface area contributed by atoms with E-state index in [2.05, 4.69) is 15.3 Å². The lowest BCUT2D eigenvalue weighted by Gasteiger charge is -2.35. The van der Waals surface area contributed by atoms with Crippen LogP contribution in [0.15, 0.2) is 103 Å². The fourth-order valence-corrected chi connectivity index (χ4v) is 4.95. The van der Waals surface area contributed by atoms with Gasteiger partial charge in [-0.25, -0.2) is 9.97 Å². The van der Waals surface area contributed by atoms with Crippen LogP contribution in [0.4, 0.5) is 11.6 Å². The van der Waals surface area contributed by atoms with Crippen molar-refractivity contribution in [2.45, 2.75) is 0 Å². The number of hydrogen-bond donors (Lipinski definition) is 1. The minimum atomic E-state index is -0.0506. The van der Waals surface area contributed by atoms with Gasteiger partial charge in [-0.2, -0.15) is 0 Å². The van der Waals surface area contributed by atoms with Crippen molar-refractivity contribution < 1.29 is 9.59 Å². The van der Waals surface area contributed by atoms with Gasteiger partial charge in [0, 0.05) is 59.8 Å². The van der Waals surface area contributed by atoms with E-state index >= 15 is 0 Å². The number of nitrogens with zero attached hydrogens (tertiary/aromatic N) is 4. The molecular weight excluding hydrogens is 522 g/mol. The first-order chi connectivity index (χ1) is 19.5. The number of rotatable bonds is 5. The molecule has 8 heteroatoms. The van der Waals surface area contributed by atoms with E-state index in [1.54, 1.807) is 23.2 Å². The summed E-state index contributed by atoms with van der Waals surface area (Å²) >= 11 is 5.99. The van der Waals surface area contributed by atoms with Crippen molar-refractivity contribution in [3.05, 3.63) is 119 Å². The third kappa shape index (κ3) is 5.51. The Balaban J connectivity index is 1.06. The van der Waals surface area contributed by atoms with E-state index in [9.17, 15) is 9.59 Å². The fraction of sp³-hybridized carbons (Fsp3) is 0.125. The first kappa shape index (κ1) is 25.5. The normalized spacial score (nSPS) is 13.3. The van der Waals surface area contributed by atoms with E-state index in [0.717, 1.165) is 27.7 Å². The molecule has 1 N–H and O–H groups in total. The first-order valence-electron chi connectivity index (χ1n) is 13.1. The molecule has 40 heavy (non-hydrogen) atoms. The Morgan fingerprint density at radius 3 is 2.02 bits per heavy atom. The lowest BCUT2D eigenvalue weighted by molar-refractivity contribution is 0.0535. The van der Waals surface area contributed by atoms with Gasteiger partial charge in [0.1, 0.15) is 0 Å². The van der Waals surface area contributed by atoms with Gasteiger partial charge in [-0.05, 0) is 65.4 Å². The van der Waals surface area contributed by atoms with Gasteiger partial charge in [0.05, 0.1) is 5.69 Å². The highest BCUT2D eigenvalue weighted by Gasteiger charge is 2.25. The quantitative estimate of drug-likeness (QED) is 0.280. The molecule has 2 heterocycles. The number of piperazine rings is 1. The largest absolute Gasteiger partial charge is 0.335 e. The van der Waals surface area contributed by atoms with Crippen LogP contribution in [0.25, 0.3) is 22.0 Å². The van der Waals surface area contributed by atoms with Gasteiger partial charge in [-0.1, -0.05) is 54.1 Å². The van der Waals surface area contributed by atoms with Crippen LogP contribution in [-0.2, 0) is 0 Å². The Bertz CT molecular complexity index is 1680. The monoisotopic (exact) mass is 547 g/mol. The molecule has 1 aromatic heterocycles. The van der Waals surface area contributed by atoms with Crippen LogP contribution < -0.4 is 5.32 Å². The Morgan fingerprint density at radius 1 is 0.700 bits per heavy atom. The summed E-state index contributed by atoms with van der Waals surface area (Å²) in [7, 11) is 0. The highest BCUT2D eigenvalue weighted by atomic mass is 35.5. The van der Waals surface area contributed by atoms with Crippen LogP contribution in [0.2, 0.25) is 5.02 Å². The summed E-state index contributed by atoms with van der Waals surface area (Å²) in [5.41, 5.74) is 3.75. The topological polar surface area (TPSA) is 78.4 Å². The summed E-state index contributed by atoms with van der Waals surface area (Å²) in [6.07, 6.45) is 1.70. The van der Waals surface area contributed by atoms with Crippen LogP contribution >= 0.6 is 11.6 Å². The average molecular weight is 548 g/mol. The summed E-state index contributed by atoms with van der Waals surface area (Å²) in [6, 6.07) is 30.3. The summed E-state index contributed by atoms with van der Waals surface area (Å²) in [6.45, 7) is 1.98. The molecule has 0 radical (unpaired) electrons. The number of fused-ring (bicyclic) bond motifs is 1. The van der Waals surface area contributed by atoms with Crippen molar-refractivity contribution in [1.29, 1.82) is 0 Å². The maximum atomic E-state index is 13.2. The van der Waals surface area contributed by atoms with Crippen molar-refractivity contribution in [2.75, 3.05) is 31.5 Å². The Kier molecular flexibility index (Phi) is 7.12. The molecule has 0 saturated carbocycles. The number of amides is 2. The van der Waals surface area contributed by atoms with Crippen LogP contribution in [0.5, 0.6) is 0 Å². The van der Waals surface area contributed by atoms with E-state index < -0.39 is 0 Å². The summed E-state index contributed by atoms with van der Waals surface area (Å²) < 4.78 is 0. The Labute approximate surface area is 237 Å². The standard InChI is InChI=1S/C32H26ClN5O2/c33-27-11-7-23(8-12-27)29-15-16-34-32(36-29)35-28-13-9-24(10-14-28)30(39)37-17-19-38(20-18-37)31(40)26-6-5-22-3-1-2-4-25(22)21-26/h1-16,21H,17-20H2,(H,34,35,36). The maximum Gasteiger partial charge on any atom is 0.253 e. The second-order valence-corrected chi connectivity index (χ2v) is 10.1. The molecule has 7 nitrogen and oxygen atoms in total. The molecule has 1 aliphatic heterocycles. The molecule has 1 fully saturated rings. The van der Waals surface area contributed by atoms with Crippen LogP contribution in [-0.4, -0.2) is 57.8 Å². The predicted molar refractivity (Wildman–Crippen MR) is 158 cm³/mol. The lowest BCUT2D eigenvalue weighted by Crippen LogP contribution is -2.50. The zero-order valence-electron chi connectivity index (χ0n) is 21.6. The van der Waals surface area contributed by atoms with Crippen molar-refractivity contribution in [2.24, 2.45) is 0 Å². The van der Waals surface area contributed by atoms with Gasteiger partial charge in [-0.3, -0.25) is 9.59 Å². The molecule has 2 amide bonds. The first-order valence-corrected chi connectivity index (χ1v) is 13.4. The van der Waals surface area contributed by atoms with E-state index in [0.29, 0.717) is 48.3 Å². The molecule has 4 aromatic carbocycles. The van der Waals surface area contributed by atoms with Gasteiger partial charge in [0.25, 0.3) is 11.8 Å². The molecule has 0 unspecified atom stereocenters. The van der Waals surface area contributed by atoms with Gasteiger partial charge >= 0.3 is 0 Å². The minimum Gasteiger partial charge on any atom is -0.335 e. The Hall–Kier alpha value is -4.75. The lowest BCUT2D eigenvalue weighted by atomic mass is 10.1. The van der Waals surface area contributed by atoms with Crippen molar-refractivity contribution >= 4 is 45.8 Å². The maximum absolute atomic E-state index is 13.2. The summed E-state index contributed by atoms with van der Waals surface area (Å²) in [5.74, 6) is 0.402. The number of anilines is 2.